The van der Waals surface area contributed by atoms with Crippen LogP contribution in [0.4, 0.5) is 13.2 Å². The van der Waals surface area contributed by atoms with Crippen molar-refractivity contribution in [2.45, 2.75) is 18.6 Å². The number of benzene rings is 2. The Hall–Kier alpha value is -2.65. The normalized spacial score (nSPS) is 15.2. The van der Waals surface area contributed by atoms with Crippen LogP contribution in [0.3, 0.4) is 0 Å². The number of hydrogen-bond donors (Lipinski definition) is 2. The minimum absolute atomic E-state index is 0.0539. The molecule has 4 rings (SSSR count). The molecular formula is C22H19ClF3N3O2S. The maximum absolute atomic E-state index is 13.1. The first-order valence-electron chi connectivity index (χ1n) is 9.82. The molecule has 1 aromatic heterocycles. The molecule has 1 atom stereocenters. The SMILES string of the molecule is O=C(NC(Cc1cccc(C(F)(F)F)c1)C(=O)N1CCSC1)c1cc2cc(Cl)ccc2[nH]1. The number of carbonyl (C=O) groups excluding carboxylic acids is 2. The van der Waals surface area contributed by atoms with Crippen LogP contribution in [-0.2, 0) is 17.4 Å². The van der Waals surface area contributed by atoms with Crippen molar-refractivity contribution >= 4 is 46.1 Å². The van der Waals surface area contributed by atoms with Gasteiger partial charge in [0.15, 0.2) is 0 Å². The molecule has 0 aliphatic carbocycles. The third kappa shape index (κ3) is 5.05. The molecule has 3 aromatic rings. The topological polar surface area (TPSA) is 65.2 Å². The summed E-state index contributed by atoms with van der Waals surface area (Å²) >= 11 is 7.58. The Balaban J connectivity index is 1.58. The number of nitrogens with zero attached hydrogens (tertiary/aromatic N) is 1. The second-order valence-corrected chi connectivity index (χ2v) is 8.99. The number of nitrogens with one attached hydrogen (secondary N) is 2. The van der Waals surface area contributed by atoms with E-state index >= 15 is 0 Å². The van der Waals surface area contributed by atoms with Gasteiger partial charge in [-0.3, -0.25) is 9.59 Å². The predicted molar refractivity (Wildman–Crippen MR) is 119 cm³/mol. The van der Waals surface area contributed by atoms with Crippen LogP contribution in [0.25, 0.3) is 10.9 Å². The molecule has 2 N–H and O–H groups in total. The van der Waals surface area contributed by atoms with Gasteiger partial charge in [-0.1, -0.05) is 29.8 Å². The van der Waals surface area contributed by atoms with Crippen molar-refractivity contribution in [3.05, 3.63) is 70.4 Å². The zero-order chi connectivity index (χ0) is 22.9. The minimum atomic E-state index is -4.49. The first-order chi connectivity index (χ1) is 15.2. The standard InChI is InChI=1S/C22H19ClF3N3O2S/c23-16-4-5-17-14(10-16)11-18(27-17)20(30)28-19(21(31)29-6-7-32-12-29)9-13-2-1-3-15(8-13)22(24,25)26/h1-5,8,10-11,19,27H,6-7,9,12H2,(H,28,30). The van der Waals surface area contributed by atoms with Gasteiger partial charge in [-0.15, -0.1) is 11.8 Å². The molecule has 10 heteroatoms. The summed E-state index contributed by atoms with van der Waals surface area (Å²) in [5.41, 5.74) is 0.460. The summed E-state index contributed by atoms with van der Waals surface area (Å²) in [6, 6.07) is 10.6. The van der Waals surface area contributed by atoms with Crippen LogP contribution < -0.4 is 5.32 Å². The highest BCUT2D eigenvalue weighted by Crippen LogP contribution is 2.30. The van der Waals surface area contributed by atoms with E-state index in [-0.39, 0.29) is 18.0 Å². The first kappa shape index (κ1) is 22.5. The zero-order valence-electron chi connectivity index (χ0n) is 16.7. The Bertz CT molecular complexity index is 1160. The molecule has 0 saturated carbocycles. The van der Waals surface area contributed by atoms with Gasteiger partial charge in [-0.05, 0) is 35.9 Å². The molecule has 32 heavy (non-hydrogen) atoms. The summed E-state index contributed by atoms with van der Waals surface area (Å²) in [5, 5.41) is 3.96. The molecule has 2 heterocycles. The van der Waals surface area contributed by atoms with Crippen molar-refractivity contribution in [3.63, 3.8) is 0 Å². The van der Waals surface area contributed by atoms with Crippen molar-refractivity contribution in [2.24, 2.45) is 0 Å². The van der Waals surface area contributed by atoms with E-state index in [2.05, 4.69) is 10.3 Å². The van der Waals surface area contributed by atoms with Gasteiger partial charge in [-0.25, -0.2) is 0 Å². The van der Waals surface area contributed by atoms with Crippen LogP contribution in [0, 0.1) is 0 Å². The Kier molecular flexibility index (Phi) is 6.39. The van der Waals surface area contributed by atoms with E-state index in [9.17, 15) is 22.8 Å². The predicted octanol–water partition coefficient (Wildman–Crippen LogP) is 4.71. The lowest BCUT2D eigenvalue weighted by Gasteiger charge is -2.24. The quantitative estimate of drug-likeness (QED) is 0.554. The highest BCUT2D eigenvalue weighted by Gasteiger charge is 2.32. The van der Waals surface area contributed by atoms with E-state index < -0.39 is 23.7 Å². The van der Waals surface area contributed by atoms with E-state index in [0.29, 0.717) is 28.5 Å². The first-order valence-corrected chi connectivity index (χ1v) is 11.4. The van der Waals surface area contributed by atoms with Crippen molar-refractivity contribution in [2.75, 3.05) is 18.2 Å². The lowest BCUT2D eigenvalue weighted by molar-refractivity contribution is -0.137. The average Bonchev–Trinajstić information content (AvgIpc) is 3.42. The summed E-state index contributed by atoms with van der Waals surface area (Å²) in [4.78, 5) is 30.6. The molecule has 1 fully saturated rings. The molecule has 0 spiro atoms. The van der Waals surface area contributed by atoms with Crippen molar-refractivity contribution in [3.8, 4) is 0 Å². The monoisotopic (exact) mass is 481 g/mol. The van der Waals surface area contributed by atoms with Gasteiger partial charge in [0.05, 0.1) is 11.4 Å². The summed E-state index contributed by atoms with van der Waals surface area (Å²) in [6.07, 6.45) is -4.54. The van der Waals surface area contributed by atoms with Crippen LogP contribution in [0.5, 0.6) is 0 Å². The van der Waals surface area contributed by atoms with Crippen molar-refractivity contribution in [1.82, 2.24) is 15.2 Å². The number of aromatic nitrogens is 1. The molecule has 2 aromatic carbocycles. The lowest BCUT2D eigenvalue weighted by atomic mass is 10.0. The van der Waals surface area contributed by atoms with Crippen LogP contribution >= 0.6 is 23.4 Å². The zero-order valence-corrected chi connectivity index (χ0v) is 18.3. The number of H-pyrrole nitrogens is 1. The number of aromatic amines is 1. The van der Waals surface area contributed by atoms with Gasteiger partial charge < -0.3 is 15.2 Å². The molecule has 5 nitrogen and oxygen atoms in total. The maximum Gasteiger partial charge on any atom is 0.416 e. The van der Waals surface area contributed by atoms with Gasteiger partial charge >= 0.3 is 6.18 Å². The molecule has 0 bridgehead atoms. The molecule has 2 amide bonds. The number of amides is 2. The summed E-state index contributed by atoms with van der Waals surface area (Å²) in [6.45, 7) is 0.531. The highest BCUT2D eigenvalue weighted by atomic mass is 35.5. The van der Waals surface area contributed by atoms with Crippen LogP contribution in [0.1, 0.15) is 21.6 Å². The maximum atomic E-state index is 13.1. The summed E-state index contributed by atoms with van der Waals surface area (Å²) in [7, 11) is 0. The Morgan fingerprint density at radius 1 is 1.19 bits per heavy atom. The molecule has 1 aliphatic heterocycles. The third-order valence-electron chi connectivity index (χ3n) is 5.19. The molecule has 1 aliphatic rings. The van der Waals surface area contributed by atoms with Crippen LogP contribution in [0.15, 0.2) is 48.5 Å². The van der Waals surface area contributed by atoms with Crippen molar-refractivity contribution in [1.29, 1.82) is 0 Å². The van der Waals surface area contributed by atoms with Crippen LogP contribution in [-0.4, -0.2) is 45.9 Å². The third-order valence-corrected chi connectivity index (χ3v) is 6.39. The fourth-order valence-corrected chi connectivity index (χ4v) is 4.72. The van der Waals surface area contributed by atoms with Gasteiger partial charge in [0.25, 0.3) is 5.91 Å². The second kappa shape index (κ2) is 9.07. The van der Waals surface area contributed by atoms with Gasteiger partial charge in [-0.2, -0.15) is 13.2 Å². The van der Waals surface area contributed by atoms with E-state index in [1.807, 2.05) is 0 Å². The molecule has 0 radical (unpaired) electrons. The molecular weight excluding hydrogens is 463 g/mol. The van der Waals surface area contributed by atoms with Crippen molar-refractivity contribution < 1.29 is 22.8 Å². The van der Waals surface area contributed by atoms with Crippen LogP contribution in [0.2, 0.25) is 5.02 Å². The fraction of sp³-hybridized carbons (Fsp3) is 0.273. The number of rotatable bonds is 5. The Morgan fingerprint density at radius 3 is 2.72 bits per heavy atom. The smallest absolute Gasteiger partial charge is 0.351 e. The summed E-state index contributed by atoms with van der Waals surface area (Å²) < 4.78 is 39.3. The number of carbonyl (C=O) groups is 2. The average molecular weight is 482 g/mol. The van der Waals surface area contributed by atoms with Gasteiger partial charge in [0.2, 0.25) is 5.91 Å². The van der Waals surface area contributed by atoms with E-state index in [0.717, 1.165) is 23.3 Å². The second-order valence-electron chi connectivity index (χ2n) is 7.48. The fourth-order valence-electron chi connectivity index (χ4n) is 3.58. The molecule has 1 unspecified atom stereocenters. The van der Waals surface area contributed by atoms with E-state index in [1.54, 1.807) is 40.9 Å². The number of thioether (sulfide) groups is 1. The Labute approximate surface area is 191 Å². The number of hydrogen-bond acceptors (Lipinski definition) is 3. The van der Waals surface area contributed by atoms with Gasteiger partial charge in [0, 0.05) is 34.6 Å². The molecule has 168 valence electrons. The highest BCUT2D eigenvalue weighted by molar-refractivity contribution is 7.99. The lowest BCUT2D eigenvalue weighted by Crippen LogP contribution is -2.49. The Morgan fingerprint density at radius 2 is 2.00 bits per heavy atom. The van der Waals surface area contributed by atoms with Gasteiger partial charge in [0.1, 0.15) is 11.7 Å². The summed E-state index contributed by atoms with van der Waals surface area (Å²) in [5.74, 6) is 0.423. The molecule has 1 saturated heterocycles. The van der Waals surface area contributed by atoms with E-state index in [4.69, 9.17) is 11.6 Å². The number of fused-ring (bicyclic) bond motifs is 1. The number of halogens is 4. The minimum Gasteiger partial charge on any atom is -0.351 e. The number of alkyl halides is 3. The van der Waals surface area contributed by atoms with E-state index in [1.165, 1.54) is 12.1 Å². The largest absolute Gasteiger partial charge is 0.416 e.